The fraction of sp³-hybridized carbons (Fsp3) is 0.452. The number of benzene rings is 1. The third-order valence-corrected chi connectivity index (χ3v) is 10.9. The first kappa shape index (κ1) is 38.6. The van der Waals surface area contributed by atoms with Crippen LogP contribution in [0, 0.1) is 0 Å². The third kappa shape index (κ3) is 6.02. The summed E-state index contributed by atoms with van der Waals surface area (Å²) in [6, 6.07) is 11.4. The predicted octanol–water partition coefficient (Wildman–Crippen LogP) is 6.51. The van der Waals surface area contributed by atoms with E-state index in [1.165, 1.54) is 39.0 Å². The number of rotatable bonds is 9. The van der Waals surface area contributed by atoms with Crippen LogP contribution in [0.2, 0.25) is 0 Å². The molecule has 2 aliphatic rings. The first-order valence-corrected chi connectivity index (χ1v) is 18.1. The van der Waals surface area contributed by atoms with Crippen molar-refractivity contribution in [3.8, 4) is 0 Å². The average molecular weight is 726 g/mol. The van der Waals surface area contributed by atoms with Crippen molar-refractivity contribution in [3.63, 3.8) is 0 Å². The average Bonchev–Trinajstić information content (AvgIpc) is 3.81. The van der Waals surface area contributed by atoms with Crippen LogP contribution in [0.1, 0.15) is 132 Å². The molecule has 3 aromatic heterocycles. The minimum Gasteiger partial charge on any atom is -1.00 e. The number of aryl methyl sites for hydroxylation is 4. The molecule has 0 unspecified atom stereocenters. The van der Waals surface area contributed by atoms with Crippen molar-refractivity contribution < 1.29 is 34.1 Å². The number of hydrogen-bond donors (Lipinski definition) is 0. The summed E-state index contributed by atoms with van der Waals surface area (Å²) in [5.41, 5.74) is 18.7. The molecule has 6 rings (SSSR count). The first-order valence-electron chi connectivity index (χ1n) is 18.1. The summed E-state index contributed by atoms with van der Waals surface area (Å²) in [7, 11) is 4.21. The van der Waals surface area contributed by atoms with Crippen LogP contribution in [0.25, 0.3) is 44.1 Å². The summed E-state index contributed by atoms with van der Waals surface area (Å²) >= 11 is 0. The number of fused-ring (bicyclic) bond motifs is 8. The minimum atomic E-state index is -0.169. The molecule has 0 fully saturated rings. The molecule has 5 nitrogen and oxygen atoms in total. The van der Waals surface area contributed by atoms with E-state index in [9.17, 15) is 0 Å². The van der Waals surface area contributed by atoms with Crippen molar-refractivity contribution in [3.05, 3.63) is 80.8 Å². The summed E-state index contributed by atoms with van der Waals surface area (Å²) in [6.07, 6.45) is 9.71. The standard InChI is InChI=1S/C42H52N5.ClH.Cu/c1-11-25-26(12-2)36-23-37-42(17-7,18-8)33-21-19-20-31(41(33)45-37)38-29(15-5)30(16-6)40(46-38)32(24-47(9)10)39-28(14-4)27(13-3)35(44-39)22-34(25)43-36;;/h19-24H,11-18H2,1-10H3;1H;/q-1;;+2/p-1. The van der Waals surface area contributed by atoms with E-state index in [1.807, 2.05) is 0 Å². The van der Waals surface area contributed by atoms with E-state index in [2.05, 4.69) is 111 Å². The Kier molecular flexibility index (Phi) is 12.1. The van der Waals surface area contributed by atoms with Crippen LogP contribution in [0.15, 0.2) is 30.3 Å². The molecule has 0 saturated heterocycles. The fourth-order valence-electron chi connectivity index (χ4n) is 8.53. The van der Waals surface area contributed by atoms with Gasteiger partial charge in [-0.1, -0.05) is 108 Å². The molecular formula is C42H52ClCuN5. The third-order valence-electron chi connectivity index (χ3n) is 10.9. The van der Waals surface area contributed by atoms with Crippen molar-refractivity contribution in [1.82, 2.24) is 19.9 Å². The van der Waals surface area contributed by atoms with Crippen LogP contribution < -0.4 is 22.4 Å². The zero-order valence-corrected chi connectivity index (χ0v) is 32.7. The Hall–Kier alpha value is -3.18. The Labute approximate surface area is 310 Å². The molecule has 8 bridgehead atoms. The minimum absolute atomic E-state index is 0. The van der Waals surface area contributed by atoms with Gasteiger partial charge in [-0.2, -0.15) is 0 Å². The molecule has 1 aromatic carbocycles. The quantitative estimate of drug-likeness (QED) is 0.112. The van der Waals surface area contributed by atoms with Gasteiger partial charge in [0.1, 0.15) is 14.1 Å². The van der Waals surface area contributed by atoms with Crippen LogP contribution in [-0.4, -0.2) is 34.9 Å². The van der Waals surface area contributed by atoms with Gasteiger partial charge in [0.25, 0.3) is 0 Å². The topological polar surface area (TPSA) is 57.0 Å². The van der Waals surface area contributed by atoms with Gasteiger partial charge >= 0.3 is 17.1 Å². The first-order chi connectivity index (χ1) is 22.7. The molecule has 0 saturated carbocycles. The van der Waals surface area contributed by atoms with E-state index in [4.69, 9.17) is 19.9 Å². The molecule has 4 aromatic rings. The van der Waals surface area contributed by atoms with Crippen molar-refractivity contribution in [2.45, 2.75) is 112 Å². The zero-order valence-electron chi connectivity index (χ0n) is 31.0. The molecular weight excluding hydrogens is 673 g/mol. The van der Waals surface area contributed by atoms with Gasteiger partial charge in [0.15, 0.2) is 6.21 Å². The maximum atomic E-state index is 5.61. The molecule has 7 heteroatoms. The summed E-state index contributed by atoms with van der Waals surface area (Å²) < 4.78 is 2.15. The second-order valence-corrected chi connectivity index (χ2v) is 13.3. The zero-order chi connectivity index (χ0) is 33.6. The van der Waals surface area contributed by atoms with Crippen LogP contribution in [0.3, 0.4) is 0 Å². The van der Waals surface area contributed by atoms with Gasteiger partial charge in [-0.15, -0.1) is 22.1 Å². The van der Waals surface area contributed by atoms with Gasteiger partial charge in [-0.3, -0.25) is 4.98 Å². The van der Waals surface area contributed by atoms with E-state index < -0.39 is 0 Å². The monoisotopic (exact) mass is 724 g/mol. The van der Waals surface area contributed by atoms with Gasteiger partial charge in [-0.05, 0) is 73.5 Å². The summed E-state index contributed by atoms with van der Waals surface area (Å²) in [5.74, 6) is 0. The van der Waals surface area contributed by atoms with E-state index in [1.54, 1.807) is 0 Å². The van der Waals surface area contributed by atoms with Crippen molar-refractivity contribution in [2.75, 3.05) is 14.1 Å². The molecule has 49 heavy (non-hydrogen) atoms. The number of halogens is 1. The number of nitrogens with zero attached hydrogens (tertiary/aromatic N) is 5. The maximum absolute atomic E-state index is 5.61. The van der Waals surface area contributed by atoms with Gasteiger partial charge in [0.2, 0.25) is 0 Å². The van der Waals surface area contributed by atoms with E-state index in [0.29, 0.717) is 0 Å². The van der Waals surface area contributed by atoms with Gasteiger partial charge in [0, 0.05) is 11.0 Å². The molecule has 0 spiro atoms. The smallest absolute Gasteiger partial charge is 1.00 e. The molecule has 5 heterocycles. The molecule has 2 aliphatic heterocycles. The number of allylic oxidation sites excluding steroid dienone is 2. The Morgan fingerprint density at radius 2 is 1.29 bits per heavy atom. The number of para-hydroxylation sites is 1. The van der Waals surface area contributed by atoms with Crippen LogP contribution in [-0.2, 0) is 48.2 Å². The van der Waals surface area contributed by atoms with Crippen LogP contribution in [0.4, 0.5) is 0 Å². The van der Waals surface area contributed by atoms with Crippen molar-refractivity contribution >= 4 is 50.3 Å². The maximum Gasteiger partial charge on any atom is 2.00 e. The van der Waals surface area contributed by atoms with E-state index in [-0.39, 0.29) is 34.9 Å². The Bertz CT molecular complexity index is 2100. The van der Waals surface area contributed by atoms with E-state index in [0.717, 1.165) is 107 Å². The SMILES string of the molecule is CCC1=C(CC)c2nc1cc1[n-]c(cc3nc4c(cccc4c4[n-]c(c2C=[N+](C)C)c(CC)c4CC)C3(CC)CC)c(CC)c1CC.[Cl-].[Cu+2]. The fourth-order valence-corrected chi connectivity index (χ4v) is 8.53. The number of aromatic nitrogens is 4. The molecule has 0 N–H and O–H groups in total. The Morgan fingerprint density at radius 3 is 1.84 bits per heavy atom. The van der Waals surface area contributed by atoms with Crippen LogP contribution >= 0.6 is 0 Å². The van der Waals surface area contributed by atoms with Crippen LogP contribution in [0.5, 0.6) is 0 Å². The van der Waals surface area contributed by atoms with Gasteiger partial charge in [0.05, 0.1) is 22.6 Å². The van der Waals surface area contributed by atoms with Gasteiger partial charge < -0.3 is 22.4 Å². The van der Waals surface area contributed by atoms with Crippen molar-refractivity contribution in [1.29, 1.82) is 0 Å². The second-order valence-electron chi connectivity index (χ2n) is 13.3. The molecule has 1 radical (unpaired) electrons. The van der Waals surface area contributed by atoms with E-state index >= 15 is 0 Å². The van der Waals surface area contributed by atoms with Gasteiger partial charge in [-0.25, -0.2) is 9.56 Å². The molecule has 0 aliphatic carbocycles. The predicted molar refractivity (Wildman–Crippen MR) is 200 cm³/mol. The molecule has 263 valence electrons. The summed E-state index contributed by atoms with van der Waals surface area (Å²) in [6.45, 7) is 18.2. The van der Waals surface area contributed by atoms with Crippen molar-refractivity contribution in [2.24, 2.45) is 0 Å². The number of hydrogen-bond acceptors (Lipinski definition) is 2. The largest absolute Gasteiger partial charge is 2.00 e. The summed E-state index contributed by atoms with van der Waals surface area (Å²) in [4.78, 5) is 22.1. The Morgan fingerprint density at radius 1 is 0.694 bits per heavy atom. The second kappa shape index (κ2) is 15.4. The molecule has 0 atom stereocenters. The molecule has 0 amide bonds. The summed E-state index contributed by atoms with van der Waals surface area (Å²) in [5, 5.41) is 1.14. The Balaban J connectivity index is 0.00000270. The normalized spacial score (nSPS) is 13.5.